The normalized spacial score (nSPS) is 15.6. The number of benzene rings is 2. The molecule has 1 saturated heterocycles. The standard InChI is InChI=1S/C22H26Cl2N2O4S/c1-31(28,29)19-6-3-16(4-7-19)22(27)25-11-2-12-26-13-9-17(10-14-26)30-18-5-8-20(23)21(24)15-18/h3-8,15,17H,2,9-14H2,1H3,(H,25,27). The zero-order valence-electron chi connectivity index (χ0n) is 17.3. The summed E-state index contributed by atoms with van der Waals surface area (Å²) in [6, 6.07) is 11.3. The van der Waals surface area contributed by atoms with E-state index in [1.54, 1.807) is 12.1 Å². The molecule has 1 aliphatic rings. The third-order valence-electron chi connectivity index (χ3n) is 5.21. The Morgan fingerprint density at radius 1 is 1.10 bits per heavy atom. The number of ether oxygens (including phenoxy) is 1. The summed E-state index contributed by atoms with van der Waals surface area (Å²) >= 11 is 12.0. The largest absolute Gasteiger partial charge is 0.490 e. The van der Waals surface area contributed by atoms with Crippen LogP contribution < -0.4 is 10.1 Å². The molecule has 0 bridgehead atoms. The number of hydrogen-bond acceptors (Lipinski definition) is 5. The Morgan fingerprint density at radius 2 is 1.77 bits per heavy atom. The Labute approximate surface area is 193 Å². The summed E-state index contributed by atoms with van der Waals surface area (Å²) in [4.78, 5) is 14.8. The molecule has 2 aromatic carbocycles. The third-order valence-corrected chi connectivity index (χ3v) is 7.08. The number of rotatable bonds is 8. The molecule has 0 saturated carbocycles. The van der Waals surface area contributed by atoms with E-state index in [2.05, 4.69) is 10.2 Å². The van der Waals surface area contributed by atoms with Crippen molar-refractivity contribution in [3.8, 4) is 5.75 Å². The number of amides is 1. The summed E-state index contributed by atoms with van der Waals surface area (Å²) in [6.45, 7) is 3.33. The van der Waals surface area contributed by atoms with Gasteiger partial charge in [-0.3, -0.25) is 4.79 Å². The molecule has 1 N–H and O–H groups in total. The number of carbonyl (C=O) groups is 1. The maximum absolute atomic E-state index is 12.2. The molecule has 168 valence electrons. The summed E-state index contributed by atoms with van der Waals surface area (Å²) in [5.74, 6) is 0.536. The smallest absolute Gasteiger partial charge is 0.251 e. The summed E-state index contributed by atoms with van der Waals surface area (Å²) in [6.07, 6.45) is 4.00. The van der Waals surface area contributed by atoms with Crippen molar-refractivity contribution in [3.63, 3.8) is 0 Å². The van der Waals surface area contributed by atoms with Crippen LogP contribution in [-0.2, 0) is 9.84 Å². The molecule has 1 heterocycles. The number of sulfone groups is 1. The van der Waals surface area contributed by atoms with Crippen LogP contribution in [0.2, 0.25) is 10.0 Å². The molecule has 0 aliphatic carbocycles. The fraction of sp³-hybridized carbons (Fsp3) is 0.409. The first-order valence-corrected chi connectivity index (χ1v) is 12.8. The van der Waals surface area contributed by atoms with Crippen LogP contribution in [0.4, 0.5) is 0 Å². The van der Waals surface area contributed by atoms with Crippen molar-refractivity contribution in [1.29, 1.82) is 0 Å². The number of halogens is 2. The Bertz CT molecular complexity index is 1000. The molecule has 0 atom stereocenters. The van der Waals surface area contributed by atoms with Gasteiger partial charge in [0.1, 0.15) is 11.9 Å². The molecule has 2 aromatic rings. The van der Waals surface area contributed by atoms with Crippen molar-refractivity contribution in [2.24, 2.45) is 0 Å². The molecule has 0 aromatic heterocycles. The second kappa shape index (κ2) is 10.7. The second-order valence-electron chi connectivity index (χ2n) is 7.64. The van der Waals surface area contributed by atoms with Gasteiger partial charge in [-0.05, 0) is 62.2 Å². The van der Waals surface area contributed by atoms with Crippen LogP contribution >= 0.6 is 23.2 Å². The van der Waals surface area contributed by atoms with Crippen molar-refractivity contribution in [2.75, 3.05) is 32.4 Å². The fourth-order valence-corrected chi connectivity index (χ4v) is 4.37. The van der Waals surface area contributed by atoms with Crippen molar-refractivity contribution in [2.45, 2.75) is 30.3 Å². The molecular formula is C22H26Cl2N2O4S. The zero-order valence-corrected chi connectivity index (χ0v) is 19.6. The van der Waals surface area contributed by atoms with Gasteiger partial charge in [-0.1, -0.05) is 23.2 Å². The maximum atomic E-state index is 12.2. The van der Waals surface area contributed by atoms with Gasteiger partial charge in [0.05, 0.1) is 14.9 Å². The number of nitrogens with zero attached hydrogens (tertiary/aromatic N) is 1. The topological polar surface area (TPSA) is 75.7 Å². The Hall–Kier alpha value is -1.80. The first-order valence-electron chi connectivity index (χ1n) is 10.1. The number of carbonyl (C=O) groups excluding carboxylic acids is 1. The molecule has 6 nitrogen and oxygen atoms in total. The van der Waals surface area contributed by atoms with E-state index in [0.29, 0.717) is 22.2 Å². The van der Waals surface area contributed by atoms with Crippen LogP contribution in [0, 0.1) is 0 Å². The summed E-state index contributed by atoms with van der Waals surface area (Å²) in [5, 5.41) is 3.89. The molecule has 3 rings (SSSR count). The lowest BCUT2D eigenvalue weighted by atomic mass is 10.1. The van der Waals surface area contributed by atoms with E-state index >= 15 is 0 Å². The predicted octanol–water partition coefficient (Wildman–Crippen LogP) is 4.06. The fourth-order valence-electron chi connectivity index (χ4n) is 3.45. The van der Waals surface area contributed by atoms with Crippen molar-refractivity contribution >= 4 is 38.9 Å². The van der Waals surface area contributed by atoms with Crippen LogP contribution in [0.3, 0.4) is 0 Å². The predicted molar refractivity (Wildman–Crippen MR) is 123 cm³/mol. The molecular weight excluding hydrogens is 459 g/mol. The lowest BCUT2D eigenvalue weighted by Crippen LogP contribution is -2.39. The molecule has 0 unspecified atom stereocenters. The molecule has 31 heavy (non-hydrogen) atoms. The van der Waals surface area contributed by atoms with Gasteiger partial charge in [-0.2, -0.15) is 0 Å². The molecule has 0 radical (unpaired) electrons. The number of likely N-dealkylation sites (tertiary alicyclic amines) is 1. The van der Waals surface area contributed by atoms with Gasteiger partial charge in [0.2, 0.25) is 0 Å². The number of hydrogen-bond donors (Lipinski definition) is 1. The van der Waals surface area contributed by atoms with E-state index in [9.17, 15) is 13.2 Å². The molecule has 1 fully saturated rings. The third kappa shape index (κ3) is 7.10. The van der Waals surface area contributed by atoms with Gasteiger partial charge >= 0.3 is 0 Å². The van der Waals surface area contributed by atoms with Crippen LogP contribution in [-0.4, -0.2) is 57.8 Å². The lowest BCUT2D eigenvalue weighted by Gasteiger charge is -2.32. The van der Waals surface area contributed by atoms with Crippen molar-refractivity contribution in [3.05, 3.63) is 58.1 Å². The van der Waals surface area contributed by atoms with E-state index in [1.807, 2.05) is 6.07 Å². The van der Waals surface area contributed by atoms with Crippen LogP contribution in [0.25, 0.3) is 0 Å². The second-order valence-corrected chi connectivity index (χ2v) is 10.5. The van der Waals surface area contributed by atoms with Gasteiger partial charge in [0.15, 0.2) is 9.84 Å². The summed E-state index contributed by atoms with van der Waals surface area (Å²) in [7, 11) is -3.26. The van der Waals surface area contributed by atoms with E-state index in [0.717, 1.165) is 50.9 Å². The van der Waals surface area contributed by atoms with Gasteiger partial charge < -0.3 is 15.0 Å². The molecule has 1 aliphatic heterocycles. The monoisotopic (exact) mass is 484 g/mol. The van der Waals surface area contributed by atoms with Crippen molar-refractivity contribution in [1.82, 2.24) is 10.2 Å². The van der Waals surface area contributed by atoms with Crippen LogP contribution in [0.5, 0.6) is 5.75 Å². The van der Waals surface area contributed by atoms with Gasteiger partial charge in [0, 0.05) is 37.5 Å². The quantitative estimate of drug-likeness (QED) is 0.571. The highest BCUT2D eigenvalue weighted by Crippen LogP contribution is 2.28. The van der Waals surface area contributed by atoms with Gasteiger partial charge in [-0.25, -0.2) is 8.42 Å². The molecule has 1 amide bonds. The Kier molecular flexibility index (Phi) is 8.22. The molecule has 9 heteroatoms. The van der Waals surface area contributed by atoms with Gasteiger partial charge in [0.25, 0.3) is 5.91 Å². The number of piperidine rings is 1. The van der Waals surface area contributed by atoms with E-state index < -0.39 is 9.84 Å². The highest BCUT2D eigenvalue weighted by Gasteiger charge is 2.20. The SMILES string of the molecule is CS(=O)(=O)c1ccc(C(=O)NCCCN2CCC(Oc3ccc(Cl)c(Cl)c3)CC2)cc1. The number of nitrogens with one attached hydrogen (secondary N) is 1. The minimum absolute atomic E-state index is 0.156. The Morgan fingerprint density at radius 3 is 2.39 bits per heavy atom. The highest BCUT2D eigenvalue weighted by atomic mass is 35.5. The molecule has 0 spiro atoms. The highest BCUT2D eigenvalue weighted by molar-refractivity contribution is 7.90. The maximum Gasteiger partial charge on any atom is 0.251 e. The average Bonchev–Trinajstić information content (AvgIpc) is 2.74. The minimum Gasteiger partial charge on any atom is -0.490 e. The average molecular weight is 485 g/mol. The van der Waals surface area contributed by atoms with Crippen LogP contribution in [0.1, 0.15) is 29.6 Å². The lowest BCUT2D eigenvalue weighted by molar-refractivity contribution is 0.0935. The zero-order chi connectivity index (χ0) is 22.4. The van der Waals surface area contributed by atoms with Gasteiger partial charge in [-0.15, -0.1) is 0 Å². The Balaban J connectivity index is 1.34. The van der Waals surface area contributed by atoms with Crippen molar-refractivity contribution < 1.29 is 17.9 Å². The van der Waals surface area contributed by atoms with E-state index in [4.69, 9.17) is 27.9 Å². The first kappa shape index (κ1) is 23.9. The summed E-state index contributed by atoms with van der Waals surface area (Å²) in [5.41, 5.74) is 0.452. The van der Waals surface area contributed by atoms with E-state index in [-0.39, 0.29) is 16.9 Å². The van der Waals surface area contributed by atoms with E-state index in [1.165, 1.54) is 24.3 Å². The minimum atomic E-state index is -3.26. The van der Waals surface area contributed by atoms with Crippen LogP contribution in [0.15, 0.2) is 47.4 Å². The first-order chi connectivity index (χ1) is 14.7. The summed E-state index contributed by atoms with van der Waals surface area (Å²) < 4.78 is 29.0.